The van der Waals surface area contributed by atoms with Crippen molar-refractivity contribution in [1.29, 1.82) is 0 Å². The van der Waals surface area contributed by atoms with E-state index in [2.05, 4.69) is 4.98 Å². The van der Waals surface area contributed by atoms with Crippen molar-refractivity contribution in [2.75, 3.05) is 0 Å². The molecule has 0 saturated heterocycles. The van der Waals surface area contributed by atoms with E-state index in [9.17, 15) is 13.2 Å². The Morgan fingerprint density at radius 1 is 1.00 bits per heavy atom. The molecule has 1 nitrogen and oxygen atoms in total. The standard InChI is InChI=1S/C11H5ClF3N/c12-6-3-4-16-9(5-6)7-1-2-8(13)11(15)10(7)14/h1-5H. The lowest BCUT2D eigenvalue weighted by atomic mass is 10.1. The second kappa shape index (κ2) is 4.14. The van der Waals surface area contributed by atoms with E-state index in [0.717, 1.165) is 12.1 Å². The number of rotatable bonds is 1. The lowest BCUT2D eigenvalue weighted by molar-refractivity contribution is 0.449. The minimum atomic E-state index is -1.51. The quantitative estimate of drug-likeness (QED) is 0.694. The molecule has 0 radical (unpaired) electrons. The predicted molar refractivity (Wildman–Crippen MR) is 54.6 cm³/mol. The number of hydrogen-bond acceptors (Lipinski definition) is 1. The van der Waals surface area contributed by atoms with Crippen LogP contribution in [0.2, 0.25) is 5.02 Å². The van der Waals surface area contributed by atoms with Crippen molar-refractivity contribution in [2.24, 2.45) is 0 Å². The smallest absolute Gasteiger partial charge is 0.195 e. The van der Waals surface area contributed by atoms with Crippen molar-refractivity contribution in [3.8, 4) is 11.3 Å². The van der Waals surface area contributed by atoms with Gasteiger partial charge in [-0.2, -0.15) is 0 Å². The van der Waals surface area contributed by atoms with E-state index in [0.29, 0.717) is 5.02 Å². The van der Waals surface area contributed by atoms with Gasteiger partial charge in [0.2, 0.25) is 0 Å². The fraction of sp³-hybridized carbons (Fsp3) is 0. The van der Waals surface area contributed by atoms with Gasteiger partial charge in [0.15, 0.2) is 17.5 Å². The van der Waals surface area contributed by atoms with Gasteiger partial charge in [0.05, 0.1) is 5.69 Å². The van der Waals surface area contributed by atoms with Crippen molar-refractivity contribution >= 4 is 11.6 Å². The van der Waals surface area contributed by atoms with E-state index in [4.69, 9.17) is 11.6 Å². The molecule has 0 aliphatic rings. The summed E-state index contributed by atoms with van der Waals surface area (Å²) in [6.07, 6.45) is 1.36. The topological polar surface area (TPSA) is 12.9 Å². The van der Waals surface area contributed by atoms with E-state index in [1.54, 1.807) is 0 Å². The third kappa shape index (κ3) is 1.88. The summed E-state index contributed by atoms with van der Waals surface area (Å²) in [6.45, 7) is 0. The number of nitrogens with zero attached hydrogens (tertiary/aromatic N) is 1. The molecular formula is C11H5ClF3N. The SMILES string of the molecule is Fc1ccc(-c2cc(Cl)ccn2)c(F)c1F. The van der Waals surface area contributed by atoms with Gasteiger partial charge in [0.1, 0.15) is 0 Å². The number of pyridine rings is 1. The number of hydrogen-bond donors (Lipinski definition) is 0. The Morgan fingerprint density at radius 2 is 1.75 bits per heavy atom. The normalized spacial score (nSPS) is 10.5. The molecule has 0 saturated carbocycles. The highest BCUT2D eigenvalue weighted by atomic mass is 35.5. The van der Waals surface area contributed by atoms with Gasteiger partial charge in [0.25, 0.3) is 0 Å². The van der Waals surface area contributed by atoms with Crippen LogP contribution in [0.25, 0.3) is 11.3 Å². The second-order valence-corrected chi connectivity index (χ2v) is 3.52. The molecule has 0 aliphatic carbocycles. The monoisotopic (exact) mass is 243 g/mol. The van der Waals surface area contributed by atoms with Crippen molar-refractivity contribution in [3.05, 3.63) is 52.9 Å². The third-order valence-corrected chi connectivity index (χ3v) is 2.27. The lowest BCUT2D eigenvalue weighted by Crippen LogP contribution is -1.95. The summed E-state index contributed by atoms with van der Waals surface area (Å²) in [5.41, 5.74) is 0.0327. The maximum Gasteiger partial charge on any atom is 0.195 e. The molecule has 0 bridgehead atoms. The highest BCUT2D eigenvalue weighted by molar-refractivity contribution is 6.30. The molecular weight excluding hydrogens is 239 g/mol. The van der Waals surface area contributed by atoms with Gasteiger partial charge in [-0.3, -0.25) is 4.98 Å². The molecule has 0 N–H and O–H groups in total. The van der Waals surface area contributed by atoms with Crippen molar-refractivity contribution in [2.45, 2.75) is 0 Å². The van der Waals surface area contributed by atoms with Gasteiger partial charge in [0, 0.05) is 16.8 Å². The molecule has 0 fully saturated rings. The molecule has 0 amide bonds. The van der Waals surface area contributed by atoms with Crippen LogP contribution in [0.5, 0.6) is 0 Å². The summed E-state index contributed by atoms with van der Waals surface area (Å²) in [5.74, 6) is -4.02. The summed E-state index contributed by atoms with van der Waals surface area (Å²) in [6, 6.07) is 4.84. The number of aromatic nitrogens is 1. The molecule has 1 heterocycles. The molecule has 16 heavy (non-hydrogen) atoms. The van der Waals surface area contributed by atoms with Gasteiger partial charge in [-0.25, -0.2) is 13.2 Å². The van der Waals surface area contributed by atoms with Crippen LogP contribution in [-0.4, -0.2) is 4.98 Å². The van der Waals surface area contributed by atoms with E-state index < -0.39 is 17.5 Å². The van der Waals surface area contributed by atoms with Crippen LogP contribution in [0.4, 0.5) is 13.2 Å². The van der Waals surface area contributed by atoms with E-state index in [1.165, 1.54) is 18.3 Å². The van der Waals surface area contributed by atoms with E-state index in [-0.39, 0.29) is 11.3 Å². The van der Waals surface area contributed by atoms with Crippen molar-refractivity contribution in [3.63, 3.8) is 0 Å². The second-order valence-electron chi connectivity index (χ2n) is 3.08. The van der Waals surface area contributed by atoms with Gasteiger partial charge in [-0.1, -0.05) is 11.6 Å². The lowest BCUT2D eigenvalue weighted by Gasteiger charge is -2.04. The molecule has 0 aliphatic heterocycles. The minimum Gasteiger partial charge on any atom is -0.256 e. The first-order valence-corrected chi connectivity index (χ1v) is 4.73. The summed E-state index contributed by atoms with van der Waals surface area (Å²) in [4.78, 5) is 3.83. The molecule has 0 spiro atoms. The maximum absolute atomic E-state index is 13.4. The molecule has 0 unspecified atom stereocenters. The highest BCUT2D eigenvalue weighted by Crippen LogP contribution is 2.25. The van der Waals surface area contributed by atoms with Crippen molar-refractivity contribution in [1.82, 2.24) is 4.98 Å². The number of benzene rings is 1. The zero-order chi connectivity index (χ0) is 11.7. The van der Waals surface area contributed by atoms with Gasteiger partial charge < -0.3 is 0 Å². The maximum atomic E-state index is 13.4. The Bertz CT molecular complexity index is 543. The summed E-state index contributed by atoms with van der Waals surface area (Å²) in [5, 5.41) is 0.342. The Morgan fingerprint density at radius 3 is 2.44 bits per heavy atom. The minimum absolute atomic E-state index is 0.124. The van der Waals surface area contributed by atoms with Gasteiger partial charge >= 0.3 is 0 Å². The van der Waals surface area contributed by atoms with Crippen LogP contribution in [0.15, 0.2) is 30.5 Å². The van der Waals surface area contributed by atoms with Crippen LogP contribution >= 0.6 is 11.6 Å². The fourth-order valence-electron chi connectivity index (χ4n) is 1.28. The van der Waals surface area contributed by atoms with Crippen LogP contribution in [0.3, 0.4) is 0 Å². The first-order chi connectivity index (χ1) is 7.59. The third-order valence-electron chi connectivity index (χ3n) is 2.03. The zero-order valence-corrected chi connectivity index (χ0v) is 8.60. The van der Waals surface area contributed by atoms with Crippen LogP contribution in [0, 0.1) is 17.5 Å². The largest absolute Gasteiger partial charge is 0.256 e. The zero-order valence-electron chi connectivity index (χ0n) is 7.85. The van der Waals surface area contributed by atoms with Crippen LogP contribution in [-0.2, 0) is 0 Å². The Balaban J connectivity index is 2.61. The van der Waals surface area contributed by atoms with E-state index >= 15 is 0 Å². The molecule has 0 atom stereocenters. The van der Waals surface area contributed by atoms with Crippen molar-refractivity contribution < 1.29 is 13.2 Å². The Labute approximate surface area is 94.5 Å². The fourth-order valence-corrected chi connectivity index (χ4v) is 1.44. The van der Waals surface area contributed by atoms with Crippen LogP contribution in [0.1, 0.15) is 0 Å². The predicted octanol–water partition coefficient (Wildman–Crippen LogP) is 3.82. The van der Waals surface area contributed by atoms with Gasteiger partial charge in [-0.05, 0) is 24.3 Å². The van der Waals surface area contributed by atoms with Gasteiger partial charge in [-0.15, -0.1) is 0 Å². The summed E-state index contributed by atoms with van der Waals surface area (Å²) in [7, 11) is 0. The average Bonchev–Trinajstić information content (AvgIpc) is 2.26. The van der Waals surface area contributed by atoms with Crippen LogP contribution < -0.4 is 0 Å². The molecule has 5 heteroatoms. The molecule has 2 aromatic rings. The summed E-state index contributed by atoms with van der Waals surface area (Å²) >= 11 is 5.69. The molecule has 1 aromatic heterocycles. The first kappa shape index (κ1) is 11.0. The summed E-state index contributed by atoms with van der Waals surface area (Å²) < 4.78 is 39.0. The number of halogens is 4. The molecule has 82 valence electrons. The Hall–Kier alpha value is -1.55. The molecule has 2 rings (SSSR count). The Kier molecular flexibility index (Phi) is 2.83. The molecule has 1 aromatic carbocycles. The highest BCUT2D eigenvalue weighted by Gasteiger charge is 2.15. The first-order valence-electron chi connectivity index (χ1n) is 4.35. The van der Waals surface area contributed by atoms with E-state index in [1.807, 2.05) is 0 Å². The average molecular weight is 244 g/mol.